The molecule has 0 fully saturated rings. The van der Waals surface area contributed by atoms with Crippen molar-refractivity contribution in [3.8, 4) is 0 Å². The highest BCUT2D eigenvalue weighted by atomic mass is 32.2. The SMILES string of the molecule is CCS(=O)(=O)c1ccc(CC(=O)N(Cc2ccccn2)c2nc3cc(C)c(C)cc3s2)cc1. The number of nitrogens with zero attached hydrogens (tertiary/aromatic N) is 3. The number of benzene rings is 2. The molecule has 2 aromatic carbocycles. The van der Waals surface area contributed by atoms with Crippen LogP contribution in [-0.4, -0.2) is 30.0 Å². The van der Waals surface area contributed by atoms with Gasteiger partial charge in [-0.05, 0) is 66.9 Å². The Morgan fingerprint density at radius 2 is 1.76 bits per heavy atom. The molecule has 2 aromatic heterocycles. The highest BCUT2D eigenvalue weighted by Crippen LogP contribution is 2.32. The first-order valence-corrected chi connectivity index (χ1v) is 13.1. The Hall–Kier alpha value is -3.10. The lowest BCUT2D eigenvalue weighted by Gasteiger charge is -2.19. The average molecular weight is 480 g/mol. The molecular formula is C25H25N3O3S2. The summed E-state index contributed by atoms with van der Waals surface area (Å²) < 4.78 is 25.2. The van der Waals surface area contributed by atoms with Crippen LogP contribution in [0.3, 0.4) is 0 Å². The van der Waals surface area contributed by atoms with Crippen molar-refractivity contribution < 1.29 is 13.2 Å². The Morgan fingerprint density at radius 3 is 2.42 bits per heavy atom. The van der Waals surface area contributed by atoms with Crippen LogP contribution in [0.4, 0.5) is 5.13 Å². The van der Waals surface area contributed by atoms with Crippen molar-refractivity contribution in [2.45, 2.75) is 38.6 Å². The van der Waals surface area contributed by atoms with Crippen LogP contribution in [0.15, 0.2) is 65.7 Å². The standard InChI is InChI=1S/C25H25N3O3S2/c1-4-33(30,31)21-10-8-19(9-11-21)15-24(29)28(16-20-7-5-6-12-26-20)25-27-22-13-17(2)18(3)14-23(22)32-25/h5-14H,4,15-16H2,1-3H3. The van der Waals surface area contributed by atoms with E-state index in [2.05, 4.69) is 18.0 Å². The summed E-state index contributed by atoms with van der Waals surface area (Å²) in [7, 11) is -3.28. The van der Waals surface area contributed by atoms with Crippen molar-refractivity contribution in [3.05, 3.63) is 83.2 Å². The number of thiazole rings is 1. The third kappa shape index (κ3) is 5.12. The molecule has 170 valence electrons. The number of anilines is 1. The maximum atomic E-state index is 13.4. The maximum Gasteiger partial charge on any atom is 0.233 e. The van der Waals surface area contributed by atoms with E-state index in [0.717, 1.165) is 27.0 Å². The predicted octanol–water partition coefficient (Wildman–Crippen LogP) is 4.88. The van der Waals surface area contributed by atoms with Gasteiger partial charge in [0.05, 0.1) is 39.5 Å². The molecule has 33 heavy (non-hydrogen) atoms. The van der Waals surface area contributed by atoms with E-state index in [0.29, 0.717) is 11.7 Å². The molecule has 0 aliphatic heterocycles. The van der Waals surface area contributed by atoms with Crippen LogP contribution < -0.4 is 4.90 Å². The molecular weight excluding hydrogens is 454 g/mol. The van der Waals surface area contributed by atoms with Crippen molar-refractivity contribution in [1.29, 1.82) is 0 Å². The van der Waals surface area contributed by atoms with Crippen LogP contribution in [0.5, 0.6) is 0 Å². The number of aromatic nitrogens is 2. The number of carbonyl (C=O) groups excluding carboxylic acids is 1. The number of aryl methyl sites for hydroxylation is 2. The van der Waals surface area contributed by atoms with Crippen LogP contribution in [0.2, 0.25) is 0 Å². The molecule has 0 saturated heterocycles. The first-order valence-electron chi connectivity index (χ1n) is 10.7. The number of hydrogen-bond acceptors (Lipinski definition) is 6. The first kappa shape index (κ1) is 23.1. The second kappa shape index (κ2) is 9.41. The van der Waals surface area contributed by atoms with Gasteiger partial charge in [-0.25, -0.2) is 13.4 Å². The number of pyridine rings is 1. The second-order valence-electron chi connectivity index (χ2n) is 7.93. The van der Waals surface area contributed by atoms with E-state index < -0.39 is 9.84 Å². The van der Waals surface area contributed by atoms with Gasteiger partial charge < -0.3 is 0 Å². The van der Waals surface area contributed by atoms with Gasteiger partial charge >= 0.3 is 0 Å². The Kier molecular flexibility index (Phi) is 6.58. The molecule has 0 bridgehead atoms. The molecule has 4 rings (SSSR count). The summed E-state index contributed by atoms with van der Waals surface area (Å²) in [5.41, 5.74) is 4.72. The minimum absolute atomic E-state index is 0.0414. The molecule has 0 unspecified atom stereocenters. The highest BCUT2D eigenvalue weighted by Gasteiger charge is 2.22. The Morgan fingerprint density at radius 1 is 1.03 bits per heavy atom. The van der Waals surface area contributed by atoms with Gasteiger partial charge in [0.2, 0.25) is 5.91 Å². The van der Waals surface area contributed by atoms with Gasteiger partial charge in [-0.15, -0.1) is 0 Å². The zero-order valence-electron chi connectivity index (χ0n) is 18.8. The zero-order chi connectivity index (χ0) is 23.6. The Bertz CT molecular complexity index is 1360. The third-order valence-corrected chi connectivity index (χ3v) is 8.38. The Balaban J connectivity index is 1.65. The first-order chi connectivity index (χ1) is 15.8. The van der Waals surface area contributed by atoms with Crippen LogP contribution in [0, 0.1) is 13.8 Å². The lowest BCUT2D eigenvalue weighted by molar-refractivity contribution is -0.118. The molecule has 0 aliphatic rings. The quantitative estimate of drug-likeness (QED) is 0.377. The number of hydrogen-bond donors (Lipinski definition) is 0. The van der Waals surface area contributed by atoms with Crippen LogP contribution in [-0.2, 0) is 27.6 Å². The molecule has 6 nitrogen and oxygen atoms in total. The molecule has 0 atom stereocenters. The Labute approximate surface area is 197 Å². The van der Waals surface area contributed by atoms with E-state index in [9.17, 15) is 13.2 Å². The van der Waals surface area contributed by atoms with Crippen LogP contribution >= 0.6 is 11.3 Å². The van der Waals surface area contributed by atoms with Crippen molar-refractivity contribution in [2.75, 3.05) is 10.7 Å². The van der Waals surface area contributed by atoms with Gasteiger partial charge in [-0.3, -0.25) is 14.7 Å². The van der Waals surface area contributed by atoms with Gasteiger partial charge in [0, 0.05) is 6.20 Å². The van der Waals surface area contributed by atoms with E-state index in [4.69, 9.17) is 4.98 Å². The lowest BCUT2D eigenvalue weighted by Crippen LogP contribution is -2.32. The van der Waals surface area contributed by atoms with Crippen molar-refractivity contribution in [1.82, 2.24) is 9.97 Å². The van der Waals surface area contributed by atoms with E-state index in [1.165, 1.54) is 16.9 Å². The number of fused-ring (bicyclic) bond motifs is 1. The molecule has 0 aliphatic carbocycles. The summed E-state index contributed by atoms with van der Waals surface area (Å²) in [6, 6.07) is 16.3. The maximum absolute atomic E-state index is 13.4. The fraction of sp³-hybridized carbons (Fsp3) is 0.240. The monoisotopic (exact) mass is 479 g/mol. The minimum Gasteiger partial charge on any atom is -0.282 e. The number of carbonyl (C=O) groups is 1. The van der Waals surface area contributed by atoms with Crippen molar-refractivity contribution in [2.24, 2.45) is 0 Å². The van der Waals surface area contributed by atoms with E-state index >= 15 is 0 Å². The van der Waals surface area contributed by atoms with Gasteiger partial charge in [-0.1, -0.05) is 36.5 Å². The normalized spacial score (nSPS) is 11.6. The van der Waals surface area contributed by atoms with E-state index in [1.54, 1.807) is 42.3 Å². The predicted molar refractivity (Wildman–Crippen MR) is 132 cm³/mol. The molecule has 4 aromatic rings. The van der Waals surface area contributed by atoms with Gasteiger partial charge in [-0.2, -0.15) is 0 Å². The molecule has 0 spiro atoms. The van der Waals surface area contributed by atoms with E-state index in [1.807, 2.05) is 31.2 Å². The summed E-state index contributed by atoms with van der Waals surface area (Å²) in [5, 5.41) is 0.621. The number of amides is 1. The summed E-state index contributed by atoms with van der Waals surface area (Å²) in [6.45, 7) is 6.03. The fourth-order valence-electron chi connectivity index (χ4n) is 3.45. The molecule has 1 amide bonds. The zero-order valence-corrected chi connectivity index (χ0v) is 20.4. The highest BCUT2D eigenvalue weighted by molar-refractivity contribution is 7.91. The van der Waals surface area contributed by atoms with Crippen molar-refractivity contribution >= 4 is 42.4 Å². The summed E-state index contributed by atoms with van der Waals surface area (Å²) in [4.78, 5) is 24.5. The molecule has 0 N–H and O–H groups in total. The summed E-state index contributed by atoms with van der Waals surface area (Å²) in [6.07, 6.45) is 1.84. The lowest BCUT2D eigenvalue weighted by atomic mass is 10.1. The molecule has 2 heterocycles. The average Bonchev–Trinajstić information content (AvgIpc) is 3.21. The molecule has 0 radical (unpaired) electrons. The topological polar surface area (TPSA) is 80.2 Å². The largest absolute Gasteiger partial charge is 0.282 e. The van der Waals surface area contributed by atoms with Gasteiger partial charge in [0.1, 0.15) is 0 Å². The molecule has 8 heteroatoms. The third-order valence-electron chi connectivity index (χ3n) is 5.59. The minimum atomic E-state index is -3.28. The summed E-state index contributed by atoms with van der Waals surface area (Å²) >= 11 is 1.48. The van der Waals surface area contributed by atoms with Crippen LogP contribution in [0.25, 0.3) is 10.2 Å². The van der Waals surface area contributed by atoms with Gasteiger partial charge in [0.25, 0.3) is 0 Å². The number of sulfone groups is 1. The second-order valence-corrected chi connectivity index (χ2v) is 11.2. The van der Waals surface area contributed by atoms with Crippen molar-refractivity contribution in [3.63, 3.8) is 0 Å². The molecule has 0 saturated carbocycles. The van der Waals surface area contributed by atoms with Gasteiger partial charge in [0.15, 0.2) is 15.0 Å². The van der Waals surface area contributed by atoms with E-state index in [-0.39, 0.29) is 23.0 Å². The number of rotatable bonds is 7. The summed E-state index contributed by atoms with van der Waals surface area (Å²) in [5.74, 6) is -0.0843. The fourth-order valence-corrected chi connectivity index (χ4v) is 5.40. The van der Waals surface area contributed by atoms with Crippen LogP contribution in [0.1, 0.15) is 29.3 Å². The smallest absolute Gasteiger partial charge is 0.233 e.